The second-order valence-corrected chi connectivity index (χ2v) is 5.34. The van der Waals surface area contributed by atoms with Crippen LogP contribution in [-0.2, 0) is 4.79 Å². The topological polar surface area (TPSA) is 44.4 Å². The van der Waals surface area contributed by atoms with Gasteiger partial charge in [-0.15, -0.1) is 0 Å². The Labute approximate surface area is 111 Å². The summed E-state index contributed by atoms with van der Waals surface area (Å²) < 4.78 is 0. The van der Waals surface area contributed by atoms with Gasteiger partial charge in [0.2, 0.25) is 5.91 Å². The van der Waals surface area contributed by atoms with E-state index in [9.17, 15) is 4.79 Å². The molecule has 1 saturated heterocycles. The van der Waals surface area contributed by atoms with Crippen molar-refractivity contribution in [2.75, 3.05) is 32.7 Å². The molecule has 1 heterocycles. The zero-order valence-electron chi connectivity index (χ0n) is 12.2. The Bertz CT molecular complexity index is 237. The highest BCUT2D eigenvalue weighted by atomic mass is 16.1. The number of carbonyl (C=O) groups is 1. The fourth-order valence-electron chi connectivity index (χ4n) is 2.54. The number of rotatable bonds is 7. The number of nitrogens with zero attached hydrogens (tertiary/aromatic N) is 1. The van der Waals surface area contributed by atoms with E-state index in [1.807, 2.05) is 0 Å². The summed E-state index contributed by atoms with van der Waals surface area (Å²) in [5.74, 6) is 0.854. The summed E-state index contributed by atoms with van der Waals surface area (Å²) in [7, 11) is 0. The number of piperidine rings is 1. The molecule has 1 unspecified atom stereocenters. The molecular weight excluding hydrogens is 226 g/mol. The van der Waals surface area contributed by atoms with Crippen molar-refractivity contribution >= 4 is 5.91 Å². The first kappa shape index (κ1) is 15.4. The fraction of sp³-hybridized carbons (Fsp3) is 0.929. The standard InChI is InChI=1S/C14H29N3O/c1-4-15-12(3)10-14(18)16-11-13-6-8-17(5-2)9-7-13/h12-13,15H,4-11H2,1-3H3,(H,16,18). The smallest absolute Gasteiger partial charge is 0.221 e. The van der Waals surface area contributed by atoms with E-state index in [0.717, 1.165) is 19.6 Å². The molecule has 1 amide bonds. The molecule has 1 rings (SSSR count). The van der Waals surface area contributed by atoms with Crippen LogP contribution in [0.15, 0.2) is 0 Å². The third-order valence-electron chi connectivity index (χ3n) is 3.79. The van der Waals surface area contributed by atoms with Crippen LogP contribution < -0.4 is 10.6 Å². The van der Waals surface area contributed by atoms with E-state index < -0.39 is 0 Å². The highest BCUT2D eigenvalue weighted by Gasteiger charge is 2.18. The van der Waals surface area contributed by atoms with E-state index >= 15 is 0 Å². The van der Waals surface area contributed by atoms with Crippen LogP contribution >= 0.6 is 0 Å². The largest absolute Gasteiger partial charge is 0.356 e. The number of amides is 1. The third kappa shape index (κ3) is 5.83. The summed E-state index contributed by atoms with van der Waals surface area (Å²) in [6.45, 7) is 11.6. The normalized spacial score (nSPS) is 19.7. The average Bonchev–Trinajstić information content (AvgIpc) is 2.37. The Morgan fingerprint density at radius 2 is 2.00 bits per heavy atom. The Balaban J connectivity index is 2.11. The first-order valence-corrected chi connectivity index (χ1v) is 7.38. The first-order chi connectivity index (χ1) is 8.65. The van der Waals surface area contributed by atoms with Crippen LogP contribution in [0, 0.1) is 5.92 Å². The molecule has 0 bridgehead atoms. The van der Waals surface area contributed by atoms with Crippen LogP contribution in [-0.4, -0.2) is 49.6 Å². The number of likely N-dealkylation sites (tertiary alicyclic amines) is 1. The molecule has 0 aromatic carbocycles. The SMILES string of the molecule is CCNC(C)CC(=O)NCC1CCN(CC)CC1. The summed E-state index contributed by atoms with van der Waals surface area (Å²) in [6, 6.07) is 0.275. The lowest BCUT2D eigenvalue weighted by Crippen LogP contribution is -2.40. The minimum Gasteiger partial charge on any atom is -0.356 e. The highest BCUT2D eigenvalue weighted by molar-refractivity contribution is 5.76. The maximum atomic E-state index is 11.7. The molecule has 1 atom stereocenters. The van der Waals surface area contributed by atoms with Gasteiger partial charge in [0, 0.05) is 19.0 Å². The lowest BCUT2D eigenvalue weighted by Gasteiger charge is -2.31. The van der Waals surface area contributed by atoms with Gasteiger partial charge < -0.3 is 15.5 Å². The Kier molecular flexibility index (Phi) is 7.28. The van der Waals surface area contributed by atoms with E-state index in [1.165, 1.54) is 25.9 Å². The minimum absolute atomic E-state index is 0.182. The molecule has 0 aromatic rings. The van der Waals surface area contributed by atoms with Crippen molar-refractivity contribution < 1.29 is 4.79 Å². The van der Waals surface area contributed by atoms with Gasteiger partial charge in [-0.25, -0.2) is 0 Å². The zero-order chi connectivity index (χ0) is 13.4. The van der Waals surface area contributed by atoms with Gasteiger partial charge in [-0.2, -0.15) is 0 Å². The molecule has 0 aliphatic carbocycles. The molecule has 1 aliphatic heterocycles. The van der Waals surface area contributed by atoms with E-state index in [1.54, 1.807) is 0 Å². The Morgan fingerprint density at radius 1 is 1.33 bits per heavy atom. The number of hydrogen-bond acceptors (Lipinski definition) is 3. The summed E-state index contributed by atoms with van der Waals surface area (Å²) in [4.78, 5) is 14.2. The van der Waals surface area contributed by atoms with Crippen molar-refractivity contribution in [2.24, 2.45) is 5.92 Å². The first-order valence-electron chi connectivity index (χ1n) is 7.38. The van der Waals surface area contributed by atoms with Crippen molar-refractivity contribution in [3.63, 3.8) is 0 Å². The van der Waals surface area contributed by atoms with Crippen LogP contribution in [0.2, 0.25) is 0 Å². The maximum absolute atomic E-state index is 11.7. The summed E-state index contributed by atoms with van der Waals surface area (Å²) >= 11 is 0. The lowest BCUT2D eigenvalue weighted by atomic mass is 9.97. The molecule has 4 heteroatoms. The molecule has 1 fully saturated rings. The molecule has 106 valence electrons. The van der Waals surface area contributed by atoms with Crippen molar-refractivity contribution in [1.82, 2.24) is 15.5 Å². The molecule has 0 spiro atoms. The Hall–Kier alpha value is -0.610. The van der Waals surface area contributed by atoms with Gasteiger partial charge in [-0.1, -0.05) is 13.8 Å². The lowest BCUT2D eigenvalue weighted by molar-refractivity contribution is -0.121. The fourth-order valence-corrected chi connectivity index (χ4v) is 2.54. The van der Waals surface area contributed by atoms with Crippen LogP contribution in [0.3, 0.4) is 0 Å². The number of nitrogens with one attached hydrogen (secondary N) is 2. The molecular formula is C14H29N3O. The summed E-state index contributed by atoms with van der Waals surface area (Å²) in [5.41, 5.74) is 0. The predicted octanol–water partition coefficient (Wildman–Crippen LogP) is 1.22. The zero-order valence-corrected chi connectivity index (χ0v) is 12.2. The van der Waals surface area contributed by atoms with Crippen LogP contribution in [0.1, 0.15) is 40.0 Å². The van der Waals surface area contributed by atoms with Gasteiger partial charge in [-0.05, 0) is 51.9 Å². The van der Waals surface area contributed by atoms with Crippen molar-refractivity contribution in [2.45, 2.75) is 46.1 Å². The molecule has 0 aromatic heterocycles. The van der Waals surface area contributed by atoms with Gasteiger partial charge >= 0.3 is 0 Å². The predicted molar refractivity (Wildman–Crippen MR) is 75.6 cm³/mol. The highest BCUT2D eigenvalue weighted by Crippen LogP contribution is 2.15. The Morgan fingerprint density at radius 3 is 2.56 bits per heavy atom. The number of hydrogen-bond donors (Lipinski definition) is 2. The van der Waals surface area contributed by atoms with Gasteiger partial charge in [0.1, 0.15) is 0 Å². The molecule has 2 N–H and O–H groups in total. The molecule has 1 aliphatic rings. The molecule has 0 saturated carbocycles. The van der Waals surface area contributed by atoms with E-state index in [0.29, 0.717) is 12.3 Å². The van der Waals surface area contributed by atoms with Crippen LogP contribution in [0.5, 0.6) is 0 Å². The van der Waals surface area contributed by atoms with Gasteiger partial charge in [0.25, 0.3) is 0 Å². The van der Waals surface area contributed by atoms with Crippen LogP contribution in [0.4, 0.5) is 0 Å². The third-order valence-corrected chi connectivity index (χ3v) is 3.79. The van der Waals surface area contributed by atoms with E-state index in [4.69, 9.17) is 0 Å². The van der Waals surface area contributed by atoms with Crippen molar-refractivity contribution in [3.05, 3.63) is 0 Å². The average molecular weight is 255 g/mol. The molecule has 18 heavy (non-hydrogen) atoms. The van der Waals surface area contributed by atoms with E-state index in [2.05, 4.69) is 36.3 Å². The van der Waals surface area contributed by atoms with E-state index in [-0.39, 0.29) is 11.9 Å². The maximum Gasteiger partial charge on any atom is 0.221 e. The summed E-state index contributed by atoms with van der Waals surface area (Å²) in [5, 5.41) is 6.34. The quantitative estimate of drug-likeness (QED) is 0.719. The van der Waals surface area contributed by atoms with Gasteiger partial charge in [0.05, 0.1) is 0 Å². The van der Waals surface area contributed by atoms with Gasteiger partial charge in [-0.3, -0.25) is 4.79 Å². The van der Waals surface area contributed by atoms with Crippen molar-refractivity contribution in [3.8, 4) is 0 Å². The monoisotopic (exact) mass is 255 g/mol. The van der Waals surface area contributed by atoms with Crippen molar-refractivity contribution in [1.29, 1.82) is 0 Å². The summed E-state index contributed by atoms with van der Waals surface area (Å²) in [6.07, 6.45) is 3.02. The minimum atomic E-state index is 0.182. The van der Waals surface area contributed by atoms with Gasteiger partial charge in [0.15, 0.2) is 0 Å². The number of carbonyl (C=O) groups excluding carboxylic acids is 1. The molecule has 4 nitrogen and oxygen atoms in total. The second kappa shape index (κ2) is 8.48. The second-order valence-electron chi connectivity index (χ2n) is 5.34. The van der Waals surface area contributed by atoms with Crippen LogP contribution in [0.25, 0.3) is 0 Å². The molecule has 0 radical (unpaired) electrons.